The zero-order chi connectivity index (χ0) is 14.3. The lowest BCUT2D eigenvalue weighted by Crippen LogP contribution is -2.26. The Hall–Kier alpha value is -0.940. The number of hydrogen-bond acceptors (Lipinski definition) is 4. The molecule has 1 heterocycles. The van der Waals surface area contributed by atoms with Crippen molar-refractivity contribution in [2.24, 2.45) is 0 Å². The van der Waals surface area contributed by atoms with Crippen molar-refractivity contribution in [1.82, 2.24) is 15.6 Å². The van der Waals surface area contributed by atoms with E-state index in [0.717, 1.165) is 30.1 Å². The summed E-state index contributed by atoms with van der Waals surface area (Å²) in [6.45, 7) is 8.05. The van der Waals surface area contributed by atoms with Crippen LogP contribution in [0.1, 0.15) is 44.3 Å². The summed E-state index contributed by atoms with van der Waals surface area (Å²) >= 11 is 1.68. The van der Waals surface area contributed by atoms with Crippen LogP contribution in [-0.2, 0) is 16.6 Å². The first-order valence-electron chi connectivity index (χ1n) is 6.79. The molecular weight excluding hydrogens is 258 g/mol. The fourth-order valence-corrected chi connectivity index (χ4v) is 2.62. The van der Waals surface area contributed by atoms with Gasteiger partial charge in [-0.25, -0.2) is 4.98 Å². The van der Waals surface area contributed by atoms with Crippen LogP contribution >= 0.6 is 11.3 Å². The Morgan fingerprint density at radius 3 is 2.68 bits per heavy atom. The molecule has 4 nitrogen and oxygen atoms in total. The van der Waals surface area contributed by atoms with Crippen LogP contribution in [0, 0.1) is 0 Å². The van der Waals surface area contributed by atoms with Crippen LogP contribution in [0.3, 0.4) is 0 Å². The second-order valence-corrected chi connectivity index (χ2v) is 6.63. The number of carbonyl (C=O) groups is 1. The molecule has 1 rings (SSSR count). The minimum absolute atomic E-state index is 0.102. The van der Waals surface area contributed by atoms with Gasteiger partial charge >= 0.3 is 0 Å². The highest BCUT2D eigenvalue weighted by atomic mass is 32.1. The number of aromatic nitrogens is 1. The Balaban J connectivity index is 2.26. The van der Waals surface area contributed by atoms with E-state index in [2.05, 4.69) is 41.8 Å². The van der Waals surface area contributed by atoms with Crippen LogP contribution in [0.2, 0.25) is 0 Å². The van der Waals surface area contributed by atoms with Crippen LogP contribution in [0.4, 0.5) is 0 Å². The minimum Gasteiger partial charge on any atom is -0.356 e. The fourth-order valence-electron chi connectivity index (χ4n) is 1.59. The Morgan fingerprint density at radius 2 is 2.11 bits per heavy atom. The van der Waals surface area contributed by atoms with Gasteiger partial charge in [-0.1, -0.05) is 20.8 Å². The number of carbonyl (C=O) groups excluding carboxylic acids is 1. The quantitative estimate of drug-likeness (QED) is 0.754. The maximum Gasteiger partial charge on any atom is 0.220 e. The van der Waals surface area contributed by atoms with Crippen molar-refractivity contribution < 1.29 is 4.79 Å². The molecular formula is C14H25N3OS. The standard InChI is InChI=1S/C14H25N3OS/c1-14(2,3)11-10-19-13(17-11)7-9-16-12(18)6-5-8-15-4/h10,15H,5-9H2,1-4H3,(H,16,18). The Kier molecular flexibility index (Phi) is 6.45. The van der Waals surface area contributed by atoms with E-state index >= 15 is 0 Å². The van der Waals surface area contributed by atoms with Crippen LogP contribution in [0.25, 0.3) is 0 Å². The average Bonchev–Trinajstić information content (AvgIpc) is 2.78. The zero-order valence-corrected chi connectivity index (χ0v) is 13.2. The first-order chi connectivity index (χ1) is 8.93. The third-order valence-electron chi connectivity index (χ3n) is 2.81. The molecule has 0 radical (unpaired) electrons. The van der Waals surface area contributed by atoms with Crippen molar-refractivity contribution in [2.45, 2.75) is 45.4 Å². The van der Waals surface area contributed by atoms with Crippen LogP contribution in [0.15, 0.2) is 5.38 Å². The molecule has 0 aliphatic heterocycles. The maximum absolute atomic E-state index is 11.5. The van der Waals surface area contributed by atoms with Gasteiger partial charge in [-0.2, -0.15) is 0 Å². The lowest BCUT2D eigenvalue weighted by Gasteiger charge is -2.14. The van der Waals surface area contributed by atoms with E-state index in [0.29, 0.717) is 13.0 Å². The third-order valence-corrected chi connectivity index (χ3v) is 3.72. The summed E-state index contributed by atoms with van der Waals surface area (Å²) in [5.41, 5.74) is 1.23. The van der Waals surface area contributed by atoms with E-state index in [1.165, 1.54) is 0 Å². The number of amides is 1. The summed E-state index contributed by atoms with van der Waals surface area (Å²) < 4.78 is 0. The van der Waals surface area contributed by atoms with Crippen LogP contribution in [-0.4, -0.2) is 31.0 Å². The molecule has 0 unspecified atom stereocenters. The van der Waals surface area contributed by atoms with Crippen molar-refractivity contribution in [2.75, 3.05) is 20.1 Å². The second-order valence-electron chi connectivity index (χ2n) is 5.68. The molecule has 2 N–H and O–H groups in total. The normalized spacial score (nSPS) is 11.6. The summed E-state index contributed by atoms with van der Waals surface area (Å²) in [6, 6.07) is 0. The van der Waals surface area contributed by atoms with E-state index in [4.69, 9.17) is 0 Å². The van der Waals surface area contributed by atoms with Crippen molar-refractivity contribution in [3.05, 3.63) is 16.1 Å². The maximum atomic E-state index is 11.5. The topological polar surface area (TPSA) is 54.0 Å². The molecule has 0 saturated carbocycles. The molecule has 1 aromatic heterocycles. The molecule has 0 aliphatic carbocycles. The summed E-state index contributed by atoms with van der Waals surface area (Å²) in [5, 5.41) is 9.18. The summed E-state index contributed by atoms with van der Waals surface area (Å²) in [4.78, 5) is 16.1. The van der Waals surface area contributed by atoms with E-state index in [1.54, 1.807) is 11.3 Å². The predicted molar refractivity (Wildman–Crippen MR) is 80.7 cm³/mol. The molecule has 1 aromatic rings. The van der Waals surface area contributed by atoms with Gasteiger partial charge in [-0.3, -0.25) is 4.79 Å². The highest BCUT2D eigenvalue weighted by molar-refractivity contribution is 7.09. The molecule has 0 saturated heterocycles. The number of nitrogens with zero attached hydrogens (tertiary/aromatic N) is 1. The summed E-state index contributed by atoms with van der Waals surface area (Å²) in [7, 11) is 1.90. The van der Waals surface area contributed by atoms with Crippen LogP contribution < -0.4 is 10.6 Å². The second kappa shape index (κ2) is 7.60. The Morgan fingerprint density at radius 1 is 1.37 bits per heavy atom. The largest absolute Gasteiger partial charge is 0.356 e. The van der Waals surface area contributed by atoms with Crippen molar-refractivity contribution in [3.8, 4) is 0 Å². The van der Waals surface area contributed by atoms with Crippen molar-refractivity contribution in [1.29, 1.82) is 0 Å². The molecule has 1 amide bonds. The van der Waals surface area contributed by atoms with Gasteiger partial charge < -0.3 is 10.6 Å². The molecule has 5 heteroatoms. The fraction of sp³-hybridized carbons (Fsp3) is 0.714. The van der Waals surface area contributed by atoms with E-state index in [1.807, 2.05) is 7.05 Å². The summed E-state index contributed by atoms with van der Waals surface area (Å²) in [6.07, 6.45) is 2.29. The molecule has 0 aliphatic rings. The minimum atomic E-state index is 0.102. The van der Waals surface area contributed by atoms with Gasteiger partial charge in [0.1, 0.15) is 0 Å². The first kappa shape index (κ1) is 16.1. The van der Waals surface area contributed by atoms with Gasteiger partial charge in [0.25, 0.3) is 0 Å². The van der Waals surface area contributed by atoms with Gasteiger partial charge in [0, 0.05) is 30.2 Å². The Labute approximate surface area is 120 Å². The van der Waals surface area contributed by atoms with Gasteiger partial charge in [0.2, 0.25) is 5.91 Å². The van der Waals surface area contributed by atoms with Gasteiger partial charge in [-0.15, -0.1) is 11.3 Å². The molecule has 108 valence electrons. The smallest absolute Gasteiger partial charge is 0.220 e. The molecule has 0 aromatic carbocycles. The molecule has 0 spiro atoms. The average molecular weight is 283 g/mol. The molecule has 19 heavy (non-hydrogen) atoms. The first-order valence-corrected chi connectivity index (χ1v) is 7.67. The van der Waals surface area contributed by atoms with E-state index < -0.39 is 0 Å². The number of hydrogen-bond donors (Lipinski definition) is 2. The molecule has 0 atom stereocenters. The number of thiazole rings is 1. The lowest BCUT2D eigenvalue weighted by molar-refractivity contribution is -0.121. The zero-order valence-electron chi connectivity index (χ0n) is 12.4. The molecule has 0 bridgehead atoms. The van der Waals surface area contributed by atoms with Crippen molar-refractivity contribution in [3.63, 3.8) is 0 Å². The molecule has 0 fully saturated rings. The number of rotatable bonds is 7. The summed E-state index contributed by atoms with van der Waals surface area (Å²) in [5.74, 6) is 0.128. The Bertz CT molecular complexity index is 396. The number of nitrogens with one attached hydrogen (secondary N) is 2. The van der Waals surface area contributed by atoms with Crippen LogP contribution in [0.5, 0.6) is 0 Å². The monoisotopic (exact) mass is 283 g/mol. The lowest BCUT2D eigenvalue weighted by atomic mass is 9.93. The van der Waals surface area contributed by atoms with Crippen molar-refractivity contribution >= 4 is 17.2 Å². The van der Waals surface area contributed by atoms with Gasteiger partial charge in [0.05, 0.1) is 10.7 Å². The highest BCUT2D eigenvalue weighted by Crippen LogP contribution is 2.23. The van der Waals surface area contributed by atoms with E-state index in [9.17, 15) is 4.79 Å². The van der Waals surface area contributed by atoms with E-state index in [-0.39, 0.29) is 11.3 Å². The highest BCUT2D eigenvalue weighted by Gasteiger charge is 2.17. The SMILES string of the molecule is CNCCCC(=O)NCCc1nc(C(C)(C)C)cs1. The third kappa shape index (κ3) is 6.16. The predicted octanol–water partition coefficient (Wildman–Crippen LogP) is 2.10. The van der Waals surface area contributed by atoms with Gasteiger partial charge in [0.15, 0.2) is 0 Å². The van der Waals surface area contributed by atoms with Gasteiger partial charge in [-0.05, 0) is 20.0 Å².